The van der Waals surface area contributed by atoms with E-state index in [4.69, 9.17) is 11.6 Å². The average Bonchev–Trinajstić information content (AvgIpc) is 2.31. The number of nitrogens with one attached hydrogen (secondary N) is 1. The van der Waals surface area contributed by atoms with Crippen molar-refractivity contribution in [2.75, 3.05) is 11.9 Å². The summed E-state index contributed by atoms with van der Waals surface area (Å²) < 4.78 is 0.733. The van der Waals surface area contributed by atoms with E-state index < -0.39 is 0 Å². The highest BCUT2D eigenvalue weighted by atomic mass is 35.5. The molecular weight excluding hydrogens is 180 g/mol. The molecule has 1 aromatic heterocycles. The van der Waals surface area contributed by atoms with Gasteiger partial charge in [-0.2, -0.15) is 0 Å². The number of rotatable bonds is 3. The van der Waals surface area contributed by atoms with E-state index in [0.717, 1.165) is 16.0 Å². The molecule has 0 fully saturated rings. The molecule has 0 unspecified atom stereocenters. The van der Waals surface area contributed by atoms with Crippen molar-refractivity contribution in [3.05, 3.63) is 10.5 Å². The van der Waals surface area contributed by atoms with Gasteiger partial charge in [0.25, 0.3) is 0 Å². The lowest BCUT2D eigenvalue weighted by atomic mass is 10.2. The Kier molecular flexibility index (Phi) is 3.15. The standard InChI is InChI=1S/C7H11ClN2S/c1-5(2)3-9-7-10-4-6(8)11-7/h4-5H,3H2,1-2H3,(H,9,10). The Morgan fingerprint density at radius 3 is 2.91 bits per heavy atom. The van der Waals surface area contributed by atoms with Crippen molar-refractivity contribution in [1.82, 2.24) is 4.98 Å². The summed E-state index contributed by atoms with van der Waals surface area (Å²) in [6.07, 6.45) is 1.66. The monoisotopic (exact) mass is 190 g/mol. The Bertz CT molecular complexity index is 222. The summed E-state index contributed by atoms with van der Waals surface area (Å²) in [6.45, 7) is 5.26. The first-order valence-corrected chi connectivity index (χ1v) is 4.73. The maximum atomic E-state index is 5.69. The zero-order chi connectivity index (χ0) is 8.27. The van der Waals surface area contributed by atoms with E-state index in [1.54, 1.807) is 6.20 Å². The molecule has 0 aromatic carbocycles. The van der Waals surface area contributed by atoms with Crippen molar-refractivity contribution in [2.45, 2.75) is 13.8 Å². The van der Waals surface area contributed by atoms with Crippen molar-refractivity contribution in [2.24, 2.45) is 5.92 Å². The first kappa shape index (κ1) is 8.81. The van der Waals surface area contributed by atoms with Crippen LogP contribution in [0.3, 0.4) is 0 Å². The molecule has 4 heteroatoms. The first-order chi connectivity index (χ1) is 5.18. The Labute approximate surface area is 75.6 Å². The fourth-order valence-corrected chi connectivity index (χ4v) is 1.45. The fraction of sp³-hybridized carbons (Fsp3) is 0.571. The second kappa shape index (κ2) is 3.93. The van der Waals surface area contributed by atoms with Crippen LogP contribution >= 0.6 is 22.9 Å². The minimum Gasteiger partial charge on any atom is -0.361 e. The van der Waals surface area contributed by atoms with Crippen molar-refractivity contribution < 1.29 is 0 Å². The highest BCUT2D eigenvalue weighted by Crippen LogP contribution is 2.22. The summed E-state index contributed by atoms with van der Waals surface area (Å²) in [5.74, 6) is 0.637. The van der Waals surface area contributed by atoms with Crippen LogP contribution in [0.25, 0.3) is 0 Å². The van der Waals surface area contributed by atoms with Gasteiger partial charge in [0.15, 0.2) is 5.13 Å². The molecule has 1 N–H and O–H groups in total. The Morgan fingerprint density at radius 1 is 1.73 bits per heavy atom. The van der Waals surface area contributed by atoms with E-state index in [0.29, 0.717) is 5.92 Å². The molecule has 0 amide bonds. The summed E-state index contributed by atoms with van der Waals surface area (Å²) in [6, 6.07) is 0. The van der Waals surface area contributed by atoms with Gasteiger partial charge < -0.3 is 5.32 Å². The summed E-state index contributed by atoms with van der Waals surface area (Å²) >= 11 is 7.16. The molecule has 62 valence electrons. The molecule has 0 spiro atoms. The molecule has 0 saturated carbocycles. The predicted octanol–water partition coefficient (Wildman–Crippen LogP) is 2.86. The van der Waals surface area contributed by atoms with Gasteiger partial charge >= 0.3 is 0 Å². The van der Waals surface area contributed by atoms with Crippen molar-refractivity contribution in [3.63, 3.8) is 0 Å². The van der Waals surface area contributed by atoms with Crippen LogP contribution in [0, 0.1) is 5.92 Å². The molecule has 1 heterocycles. The van der Waals surface area contributed by atoms with Crippen LogP contribution in [0.2, 0.25) is 4.34 Å². The van der Waals surface area contributed by atoms with E-state index >= 15 is 0 Å². The van der Waals surface area contributed by atoms with Crippen LogP contribution in [-0.2, 0) is 0 Å². The maximum absolute atomic E-state index is 5.69. The molecule has 11 heavy (non-hydrogen) atoms. The van der Waals surface area contributed by atoms with Gasteiger partial charge in [-0.05, 0) is 5.92 Å². The normalized spacial score (nSPS) is 10.5. The second-order valence-corrected chi connectivity index (χ2v) is 4.41. The number of hydrogen-bond acceptors (Lipinski definition) is 3. The molecule has 1 rings (SSSR count). The third kappa shape index (κ3) is 3.08. The number of halogens is 1. The third-order valence-electron chi connectivity index (χ3n) is 1.14. The van der Waals surface area contributed by atoms with E-state index in [2.05, 4.69) is 24.1 Å². The molecule has 2 nitrogen and oxygen atoms in total. The van der Waals surface area contributed by atoms with Crippen molar-refractivity contribution >= 4 is 28.1 Å². The molecule has 1 aromatic rings. The van der Waals surface area contributed by atoms with Gasteiger partial charge in [-0.15, -0.1) is 0 Å². The first-order valence-electron chi connectivity index (χ1n) is 3.53. The quantitative estimate of drug-likeness (QED) is 0.793. The Morgan fingerprint density at radius 2 is 2.45 bits per heavy atom. The molecule has 0 aliphatic carbocycles. The zero-order valence-electron chi connectivity index (χ0n) is 6.60. The molecule has 0 atom stereocenters. The zero-order valence-corrected chi connectivity index (χ0v) is 8.17. The fourth-order valence-electron chi connectivity index (χ4n) is 0.628. The van der Waals surface area contributed by atoms with Crippen LogP contribution in [0.15, 0.2) is 6.20 Å². The van der Waals surface area contributed by atoms with E-state index in [9.17, 15) is 0 Å². The summed E-state index contributed by atoms with van der Waals surface area (Å²) in [4.78, 5) is 4.06. The van der Waals surface area contributed by atoms with Gasteiger partial charge in [-0.1, -0.05) is 36.8 Å². The van der Waals surface area contributed by atoms with Crippen LogP contribution in [0.4, 0.5) is 5.13 Å². The molecule has 0 radical (unpaired) electrons. The topological polar surface area (TPSA) is 24.9 Å². The highest BCUT2D eigenvalue weighted by Gasteiger charge is 1.98. The largest absolute Gasteiger partial charge is 0.361 e. The summed E-state index contributed by atoms with van der Waals surface area (Å²) in [5, 5.41) is 4.09. The Balaban J connectivity index is 2.39. The SMILES string of the molecule is CC(C)CNc1ncc(Cl)s1. The van der Waals surface area contributed by atoms with Gasteiger partial charge in [0.1, 0.15) is 4.34 Å². The van der Waals surface area contributed by atoms with E-state index in [1.165, 1.54) is 11.3 Å². The van der Waals surface area contributed by atoms with Gasteiger partial charge in [0.2, 0.25) is 0 Å². The number of nitrogens with zero attached hydrogens (tertiary/aromatic N) is 1. The molecule has 0 saturated heterocycles. The second-order valence-electron chi connectivity index (χ2n) is 2.74. The lowest BCUT2D eigenvalue weighted by Gasteiger charge is -2.03. The van der Waals surface area contributed by atoms with Gasteiger partial charge in [-0.25, -0.2) is 4.98 Å². The van der Waals surface area contributed by atoms with Gasteiger partial charge in [-0.3, -0.25) is 0 Å². The third-order valence-corrected chi connectivity index (χ3v) is 2.21. The predicted molar refractivity (Wildman–Crippen MR) is 50.5 cm³/mol. The number of thiazole rings is 1. The number of aromatic nitrogens is 1. The summed E-state index contributed by atoms with van der Waals surface area (Å²) in [7, 11) is 0. The van der Waals surface area contributed by atoms with Crippen LogP contribution < -0.4 is 5.32 Å². The van der Waals surface area contributed by atoms with E-state index in [-0.39, 0.29) is 0 Å². The van der Waals surface area contributed by atoms with Gasteiger partial charge in [0, 0.05) is 6.54 Å². The molecule has 0 aliphatic heterocycles. The molecular formula is C7H11ClN2S. The lowest BCUT2D eigenvalue weighted by molar-refractivity contribution is 0.688. The minimum absolute atomic E-state index is 0.637. The maximum Gasteiger partial charge on any atom is 0.184 e. The van der Waals surface area contributed by atoms with Crippen LogP contribution in [0.5, 0.6) is 0 Å². The summed E-state index contributed by atoms with van der Waals surface area (Å²) in [5.41, 5.74) is 0. The minimum atomic E-state index is 0.637. The molecule has 0 aliphatic rings. The molecule has 0 bridgehead atoms. The van der Waals surface area contributed by atoms with Gasteiger partial charge in [0.05, 0.1) is 6.20 Å². The lowest BCUT2D eigenvalue weighted by Crippen LogP contribution is -2.07. The average molecular weight is 191 g/mol. The van der Waals surface area contributed by atoms with Crippen molar-refractivity contribution in [3.8, 4) is 0 Å². The van der Waals surface area contributed by atoms with Crippen LogP contribution in [-0.4, -0.2) is 11.5 Å². The van der Waals surface area contributed by atoms with Crippen LogP contribution in [0.1, 0.15) is 13.8 Å². The number of anilines is 1. The highest BCUT2D eigenvalue weighted by molar-refractivity contribution is 7.19. The number of hydrogen-bond donors (Lipinski definition) is 1. The smallest absolute Gasteiger partial charge is 0.184 e. The van der Waals surface area contributed by atoms with Crippen molar-refractivity contribution in [1.29, 1.82) is 0 Å². The van der Waals surface area contributed by atoms with E-state index in [1.807, 2.05) is 0 Å². The Hall–Kier alpha value is -0.280.